The fourth-order valence-corrected chi connectivity index (χ4v) is 7.84. The smallest absolute Gasteiger partial charge is 0.277 e. The van der Waals surface area contributed by atoms with Gasteiger partial charge in [0.2, 0.25) is 0 Å². The first-order chi connectivity index (χ1) is 22.5. The Balaban J connectivity index is 1.41. The van der Waals surface area contributed by atoms with Gasteiger partial charge >= 0.3 is 0 Å². The van der Waals surface area contributed by atoms with Gasteiger partial charge in [0.1, 0.15) is 17.4 Å². The van der Waals surface area contributed by atoms with Gasteiger partial charge in [0, 0.05) is 36.5 Å². The SMILES string of the molecule is C=Cc1cc(C2=NC3=C(CC[C@H]4CC(C)(C)N=C4N(CC)C3=O)C[C@H](CC3C=CC(F)=C(F)C3)C2)ccc1/C1=C/N=C(C)/C=C\CC1. The van der Waals surface area contributed by atoms with E-state index in [0.29, 0.717) is 31.5 Å². The Kier molecular flexibility index (Phi) is 9.54. The molecule has 1 aromatic rings. The van der Waals surface area contributed by atoms with E-state index in [1.165, 1.54) is 6.08 Å². The van der Waals surface area contributed by atoms with Gasteiger partial charge in [-0.15, -0.1) is 0 Å². The molecule has 0 bridgehead atoms. The summed E-state index contributed by atoms with van der Waals surface area (Å²) in [7, 11) is 0. The number of carbonyl (C=O) groups is 1. The first-order valence-corrected chi connectivity index (χ1v) is 17.2. The van der Waals surface area contributed by atoms with Gasteiger partial charge in [-0.05, 0) is 137 Å². The van der Waals surface area contributed by atoms with E-state index in [1.807, 2.05) is 31.0 Å². The molecule has 0 N–H and O–H groups in total. The van der Waals surface area contributed by atoms with Crippen LogP contribution in [0.5, 0.6) is 0 Å². The molecule has 0 fully saturated rings. The molecule has 7 heteroatoms. The molecular weight excluding hydrogens is 590 g/mol. The molecule has 0 spiro atoms. The zero-order valence-corrected chi connectivity index (χ0v) is 28.2. The zero-order valence-electron chi connectivity index (χ0n) is 28.2. The Labute approximate surface area is 278 Å². The highest BCUT2D eigenvalue weighted by Crippen LogP contribution is 2.42. The lowest BCUT2D eigenvalue weighted by molar-refractivity contribution is -0.123. The number of nitrogens with zero attached hydrogens (tertiary/aromatic N) is 4. The van der Waals surface area contributed by atoms with Gasteiger partial charge in [0.05, 0.1) is 5.54 Å². The predicted molar refractivity (Wildman–Crippen MR) is 190 cm³/mol. The highest BCUT2D eigenvalue weighted by molar-refractivity contribution is 6.11. The fraction of sp³-hybridized carbons (Fsp3) is 0.450. The number of benzene rings is 1. The number of fused-ring (bicyclic) bond motifs is 1. The minimum absolute atomic E-state index is 0.0678. The number of hydrogen-bond acceptors (Lipinski definition) is 4. The number of allylic oxidation sites excluding steroid dienone is 8. The van der Waals surface area contributed by atoms with E-state index in [4.69, 9.17) is 9.98 Å². The number of rotatable bonds is 6. The maximum absolute atomic E-state index is 14.4. The summed E-state index contributed by atoms with van der Waals surface area (Å²) in [6.07, 6.45) is 17.6. The van der Waals surface area contributed by atoms with Crippen LogP contribution in [0.3, 0.4) is 0 Å². The second-order valence-corrected chi connectivity index (χ2v) is 14.2. The molecule has 0 saturated carbocycles. The minimum atomic E-state index is -0.773. The molecule has 1 amide bonds. The molecule has 246 valence electrons. The number of amidine groups is 1. The molecule has 6 rings (SSSR count). The van der Waals surface area contributed by atoms with Crippen molar-refractivity contribution in [1.29, 1.82) is 0 Å². The van der Waals surface area contributed by atoms with Gasteiger partial charge in [-0.2, -0.15) is 0 Å². The second-order valence-electron chi connectivity index (χ2n) is 14.2. The first-order valence-electron chi connectivity index (χ1n) is 17.2. The molecule has 5 nitrogen and oxygen atoms in total. The lowest BCUT2D eigenvalue weighted by Gasteiger charge is -2.29. The molecule has 0 aromatic heterocycles. The summed E-state index contributed by atoms with van der Waals surface area (Å²) in [6.45, 7) is 12.9. The van der Waals surface area contributed by atoms with E-state index in [2.05, 4.69) is 55.8 Å². The van der Waals surface area contributed by atoms with E-state index < -0.39 is 11.7 Å². The van der Waals surface area contributed by atoms with Crippen LogP contribution in [-0.2, 0) is 4.79 Å². The molecular formula is C40H46F2N4O. The van der Waals surface area contributed by atoms with Crippen molar-refractivity contribution in [2.45, 2.75) is 91.0 Å². The van der Waals surface area contributed by atoms with Crippen molar-refractivity contribution in [3.05, 3.63) is 94.9 Å². The number of amides is 1. The summed E-state index contributed by atoms with van der Waals surface area (Å²) in [5.74, 6) is -0.414. The Morgan fingerprint density at radius 2 is 1.96 bits per heavy atom. The normalized spacial score (nSPS) is 29.1. The Bertz CT molecular complexity index is 1720. The summed E-state index contributed by atoms with van der Waals surface area (Å²) in [5.41, 5.74) is 7.37. The van der Waals surface area contributed by atoms with Crippen LogP contribution in [-0.4, -0.2) is 40.1 Å². The van der Waals surface area contributed by atoms with Crippen molar-refractivity contribution < 1.29 is 13.6 Å². The molecule has 5 aliphatic rings. The third-order valence-corrected chi connectivity index (χ3v) is 10.1. The maximum Gasteiger partial charge on any atom is 0.277 e. The summed E-state index contributed by atoms with van der Waals surface area (Å²) in [6, 6.07) is 6.34. The summed E-state index contributed by atoms with van der Waals surface area (Å²) < 4.78 is 28.2. The summed E-state index contributed by atoms with van der Waals surface area (Å²) >= 11 is 0. The van der Waals surface area contributed by atoms with Gasteiger partial charge in [-0.1, -0.05) is 36.9 Å². The van der Waals surface area contributed by atoms with Gasteiger partial charge in [0.15, 0.2) is 5.83 Å². The van der Waals surface area contributed by atoms with Crippen molar-refractivity contribution in [2.24, 2.45) is 32.7 Å². The van der Waals surface area contributed by atoms with Crippen LogP contribution in [0.4, 0.5) is 8.78 Å². The van der Waals surface area contributed by atoms with Crippen molar-refractivity contribution in [2.75, 3.05) is 6.54 Å². The number of hydrogen-bond donors (Lipinski definition) is 0. The van der Waals surface area contributed by atoms with Crippen LogP contribution in [0.1, 0.15) is 102 Å². The monoisotopic (exact) mass is 636 g/mol. The van der Waals surface area contributed by atoms with Gasteiger partial charge in [-0.25, -0.2) is 13.8 Å². The van der Waals surface area contributed by atoms with Gasteiger partial charge in [0.25, 0.3) is 5.91 Å². The van der Waals surface area contributed by atoms with E-state index in [9.17, 15) is 13.6 Å². The average Bonchev–Trinajstić information content (AvgIpc) is 3.21. The topological polar surface area (TPSA) is 57.4 Å². The van der Waals surface area contributed by atoms with Crippen LogP contribution in [0.2, 0.25) is 0 Å². The van der Waals surface area contributed by atoms with Gasteiger partial charge < -0.3 is 0 Å². The largest absolute Gasteiger partial charge is 0.295 e. The predicted octanol–water partition coefficient (Wildman–Crippen LogP) is 9.89. The summed E-state index contributed by atoms with van der Waals surface area (Å²) in [5, 5.41) is 0. The standard InChI is InChI=1S/C40H46F2N4O/c1-6-28-22-29(15-16-33(28)32-11-9-8-10-25(3)43-24-32)36-21-27(18-26-12-17-34(41)35(42)20-26)19-30-13-14-31-23-40(4,5)45-38(31)46(7-2)39(47)37(30)44-36/h6,8,10,12,15-17,22,24,26-27,31H,1,7,9,11,13-14,18-21,23H2,2-5H3/b10-8-,32-24+,43-25+/t26?,27-,31-/m0/s1. The van der Waals surface area contributed by atoms with Crippen molar-refractivity contribution >= 4 is 34.8 Å². The number of likely N-dealkylation sites (N-methyl/N-ethyl adjacent to an activating group) is 1. The summed E-state index contributed by atoms with van der Waals surface area (Å²) in [4.78, 5) is 31.2. The molecule has 0 saturated heterocycles. The number of carbonyl (C=O) groups excluding carboxylic acids is 1. The molecule has 3 atom stereocenters. The van der Waals surface area contributed by atoms with Crippen LogP contribution in [0.25, 0.3) is 11.6 Å². The van der Waals surface area contributed by atoms with Crippen molar-refractivity contribution in [3.63, 3.8) is 0 Å². The molecule has 47 heavy (non-hydrogen) atoms. The number of aliphatic imine (C=N–C) groups is 3. The molecule has 1 aromatic carbocycles. The van der Waals surface area contributed by atoms with Crippen molar-refractivity contribution in [3.8, 4) is 0 Å². The number of halogens is 2. The average molecular weight is 637 g/mol. The first kappa shape index (κ1) is 32.9. The Morgan fingerprint density at radius 1 is 1.13 bits per heavy atom. The Morgan fingerprint density at radius 3 is 2.72 bits per heavy atom. The second kappa shape index (κ2) is 13.6. The van der Waals surface area contributed by atoms with Crippen LogP contribution < -0.4 is 0 Å². The molecule has 0 radical (unpaired) electrons. The highest BCUT2D eigenvalue weighted by atomic mass is 19.2. The Hall–Kier alpha value is -4.00. The fourth-order valence-electron chi connectivity index (χ4n) is 7.84. The highest BCUT2D eigenvalue weighted by Gasteiger charge is 2.41. The van der Waals surface area contributed by atoms with E-state index >= 15 is 0 Å². The van der Waals surface area contributed by atoms with Crippen LogP contribution in [0, 0.1) is 17.8 Å². The molecule has 1 unspecified atom stereocenters. The maximum atomic E-state index is 14.4. The molecule has 4 aliphatic heterocycles. The lowest BCUT2D eigenvalue weighted by atomic mass is 9.80. The van der Waals surface area contributed by atoms with E-state index in [0.717, 1.165) is 77.2 Å². The molecule has 1 aliphatic carbocycles. The quantitative estimate of drug-likeness (QED) is 0.307. The molecule has 4 heterocycles. The third kappa shape index (κ3) is 7.14. The van der Waals surface area contributed by atoms with E-state index in [-0.39, 0.29) is 35.6 Å². The van der Waals surface area contributed by atoms with E-state index in [1.54, 1.807) is 6.08 Å². The zero-order chi connectivity index (χ0) is 33.3. The van der Waals surface area contributed by atoms with Crippen LogP contribution >= 0.6 is 0 Å². The lowest BCUT2D eigenvalue weighted by Crippen LogP contribution is -2.41. The van der Waals surface area contributed by atoms with Gasteiger partial charge in [-0.3, -0.25) is 19.7 Å². The van der Waals surface area contributed by atoms with Crippen molar-refractivity contribution in [1.82, 2.24) is 4.90 Å². The third-order valence-electron chi connectivity index (χ3n) is 10.1. The minimum Gasteiger partial charge on any atom is -0.295 e. The van der Waals surface area contributed by atoms with Crippen LogP contribution in [0.15, 0.2) is 93.2 Å².